The van der Waals surface area contributed by atoms with Gasteiger partial charge in [-0.05, 0) is 12.5 Å². The number of carbonyl (C=O) groups excluding carboxylic acids is 3. The Hall–Kier alpha value is -2.35. The molecular weight excluding hydrogens is 310 g/mol. The minimum Gasteiger partial charge on any atom is -0.322 e. The third-order valence-electron chi connectivity index (χ3n) is 3.88. The van der Waals surface area contributed by atoms with Crippen molar-refractivity contribution in [3.8, 4) is 0 Å². The number of likely N-dealkylation sites (tertiary alicyclic amines) is 1. The van der Waals surface area contributed by atoms with E-state index < -0.39 is 11.6 Å². The molecule has 8 nitrogen and oxygen atoms in total. The van der Waals surface area contributed by atoms with E-state index in [0.29, 0.717) is 23.7 Å². The predicted molar refractivity (Wildman–Crippen MR) is 78.5 cm³/mol. The van der Waals surface area contributed by atoms with Crippen LogP contribution >= 0.6 is 11.6 Å². The van der Waals surface area contributed by atoms with Crippen molar-refractivity contribution in [3.05, 3.63) is 23.5 Å². The van der Waals surface area contributed by atoms with Crippen molar-refractivity contribution in [2.24, 2.45) is 0 Å². The van der Waals surface area contributed by atoms with Crippen molar-refractivity contribution in [1.82, 2.24) is 20.1 Å². The van der Waals surface area contributed by atoms with E-state index in [-0.39, 0.29) is 18.5 Å². The summed E-state index contributed by atoms with van der Waals surface area (Å²) in [6, 6.07) is 0.776. The van der Waals surface area contributed by atoms with Crippen molar-refractivity contribution < 1.29 is 14.4 Å². The van der Waals surface area contributed by atoms with Gasteiger partial charge in [0, 0.05) is 19.8 Å². The van der Waals surface area contributed by atoms with Crippen LogP contribution in [0.4, 0.5) is 15.3 Å². The van der Waals surface area contributed by atoms with E-state index in [4.69, 9.17) is 11.6 Å². The molecule has 0 aliphatic carbocycles. The Bertz CT molecular complexity index is 667. The van der Waals surface area contributed by atoms with Gasteiger partial charge < -0.3 is 15.5 Å². The number of urea groups is 2. The second-order valence-corrected chi connectivity index (χ2v) is 5.81. The van der Waals surface area contributed by atoms with Crippen LogP contribution in [0.1, 0.15) is 6.42 Å². The van der Waals surface area contributed by atoms with Gasteiger partial charge in [0.05, 0.1) is 23.5 Å². The fraction of sp³-hybridized carbons (Fsp3) is 0.385. The lowest BCUT2D eigenvalue weighted by Crippen LogP contribution is -2.50. The molecule has 2 N–H and O–H groups in total. The van der Waals surface area contributed by atoms with Crippen LogP contribution in [0.3, 0.4) is 0 Å². The number of hydrogen-bond donors (Lipinski definition) is 2. The summed E-state index contributed by atoms with van der Waals surface area (Å²) in [5.74, 6) is -0.308. The summed E-state index contributed by atoms with van der Waals surface area (Å²) in [7, 11) is 1.42. The minimum atomic E-state index is -1.00. The maximum Gasteiger partial charge on any atom is 0.324 e. The lowest BCUT2D eigenvalue weighted by Gasteiger charge is -2.21. The van der Waals surface area contributed by atoms with Crippen LogP contribution in [-0.4, -0.2) is 58.4 Å². The van der Waals surface area contributed by atoms with Crippen LogP contribution in [-0.2, 0) is 4.79 Å². The largest absolute Gasteiger partial charge is 0.324 e. The number of nitrogens with one attached hydrogen (secondary N) is 2. The van der Waals surface area contributed by atoms with Crippen LogP contribution in [0.5, 0.6) is 0 Å². The van der Waals surface area contributed by atoms with Crippen LogP contribution in [0.25, 0.3) is 0 Å². The van der Waals surface area contributed by atoms with Gasteiger partial charge in [0.25, 0.3) is 5.91 Å². The SMILES string of the molecule is CN1C(=O)NC2(CCN(C(=O)Nc3cncc(Cl)c3)C2)C1=O. The molecule has 2 aliphatic rings. The minimum absolute atomic E-state index is 0.141. The van der Waals surface area contributed by atoms with E-state index in [1.54, 1.807) is 6.07 Å². The average molecular weight is 324 g/mol. The van der Waals surface area contributed by atoms with Crippen molar-refractivity contribution in [2.45, 2.75) is 12.0 Å². The van der Waals surface area contributed by atoms with Gasteiger partial charge in [-0.15, -0.1) is 0 Å². The summed E-state index contributed by atoms with van der Waals surface area (Å²) in [6.45, 7) is 0.515. The molecular formula is C13H14ClN5O3. The highest BCUT2D eigenvalue weighted by atomic mass is 35.5. The number of imide groups is 1. The zero-order valence-corrected chi connectivity index (χ0v) is 12.6. The zero-order valence-electron chi connectivity index (χ0n) is 11.8. The molecule has 22 heavy (non-hydrogen) atoms. The van der Waals surface area contributed by atoms with Gasteiger partial charge in [-0.1, -0.05) is 11.6 Å². The molecule has 0 aromatic carbocycles. The molecule has 3 heterocycles. The first-order chi connectivity index (χ1) is 10.4. The van der Waals surface area contributed by atoms with Crippen molar-refractivity contribution >= 4 is 35.3 Å². The van der Waals surface area contributed by atoms with E-state index in [0.717, 1.165) is 4.90 Å². The predicted octanol–water partition coefficient (Wildman–Crippen LogP) is 0.893. The monoisotopic (exact) mass is 323 g/mol. The Kier molecular flexibility index (Phi) is 3.40. The maximum absolute atomic E-state index is 12.2. The Morgan fingerprint density at radius 1 is 1.45 bits per heavy atom. The summed E-state index contributed by atoms with van der Waals surface area (Å²) in [5, 5.41) is 5.75. The number of aromatic nitrogens is 1. The van der Waals surface area contributed by atoms with Gasteiger partial charge in [0.1, 0.15) is 5.54 Å². The number of rotatable bonds is 1. The molecule has 2 fully saturated rings. The highest BCUT2D eigenvalue weighted by molar-refractivity contribution is 6.30. The molecule has 1 unspecified atom stereocenters. The normalized spacial score (nSPS) is 24.1. The highest BCUT2D eigenvalue weighted by Crippen LogP contribution is 2.28. The molecule has 3 rings (SSSR count). The van der Waals surface area contributed by atoms with E-state index >= 15 is 0 Å². The lowest BCUT2D eigenvalue weighted by atomic mass is 9.99. The van der Waals surface area contributed by atoms with Gasteiger partial charge >= 0.3 is 12.1 Å². The Labute approximate surface area is 131 Å². The highest BCUT2D eigenvalue weighted by Gasteiger charge is 2.54. The first-order valence-corrected chi connectivity index (χ1v) is 7.06. The summed E-state index contributed by atoms with van der Waals surface area (Å²) >= 11 is 5.81. The number of pyridine rings is 1. The van der Waals surface area contributed by atoms with Gasteiger partial charge in [0.2, 0.25) is 0 Å². The molecule has 0 bridgehead atoms. The smallest absolute Gasteiger partial charge is 0.322 e. The molecule has 2 aliphatic heterocycles. The standard InChI is InChI=1S/C13H14ClN5O3/c1-18-10(20)13(17-12(18)22)2-3-19(7-13)11(21)16-9-4-8(14)5-15-6-9/h4-6H,2-3,7H2,1H3,(H,16,21)(H,17,22). The summed E-state index contributed by atoms with van der Waals surface area (Å²) in [5.41, 5.74) is -0.534. The van der Waals surface area contributed by atoms with Gasteiger partial charge in [-0.25, -0.2) is 9.59 Å². The van der Waals surface area contributed by atoms with Crippen LogP contribution in [0.2, 0.25) is 5.02 Å². The van der Waals surface area contributed by atoms with E-state index in [1.165, 1.54) is 24.3 Å². The number of nitrogens with zero attached hydrogens (tertiary/aromatic N) is 3. The molecule has 0 radical (unpaired) electrons. The molecule has 116 valence electrons. The van der Waals surface area contributed by atoms with E-state index in [9.17, 15) is 14.4 Å². The van der Waals surface area contributed by atoms with Crippen LogP contribution < -0.4 is 10.6 Å². The quantitative estimate of drug-likeness (QED) is 0.750. The number of amides is 5. The Balaban J connectivity index is 1.69. The second-order valence-electron chi connectivity index (χ2n) is 5.37. The molecule has 0 saturated carbocycles. The van der Waals surface area contributed by atoms with Crippen molar-refractivity contribution in [2.75, 3.05) is 25.5 Å². The van der Waals surface area contributed by atoms with Gasteiger partial charge in [-0.3, -0.25) is 14.7 Å². The van der Waals surface area contributed by atoms with Gasteiger partial charge in [-0.2, -0.15) is 0 Å². The summed E-state index contributed by atoms with van der Waals surface area (Å²) in [6.07, 6.45) is 3.33. The maximum atomic E-state index is 12.2. The summed E-state index contributed by atoms with van der Waals surface area (Å²) < 4.78 is 0. The van der Waals surface area contributed by atoms with Crippen molar-refractivity contribution in [3.63, 3.8) is 0 Å². The number of anilines is 1. The fourth-order valence-electron chi connectivity index (χ4n) is 2.70. The molecule has 1 aromatic rings. The third kappa shape index (κ3) is 2.35. The molecule has 1 atom stereocenters. The average Bonchev–Trinajstić information content (AvgIpc) is 2.98. The molecule has 2 saturated heterocycles. The van der Waals surface area contributed by atoms with Gasteiger partial charge in [0.15, 0.2) is 0 Å². The molecule has 5 amide bonds. The first-order valence-electron chi connectivity index (χ1n) is 6.68. The molecule has 1 spiro atoms. The number of halogens is 1. The summed E-state index contributed by atoms with van der Waals surface area (Å²) in [4.78, 5) is 42.4. The van der Waals surface area contributed by atoms with Crippen molar-refractivity contribution in [1.29, 1.82) is 0 Å². The van der Waals surface area contributed by atoms with Crippen LogP contribution in [0.15, 0.2) is 18.5 Å². The topological polar surface area (TPSA) is 94.6 Å². The molecule has 1 aromatic heterocycles. The molecule has 9 heteroatoms. The second kappa shape index (κ2) is 5.13. The van der Waals surface area contributed by atoms with E-state index in [2.05, 4.69) is 15.6 Å². The van der Waals surface area contributed by atoms with Crippen LogP contribution in [0, 0.1) is 0 Å². The Morgan fingerprint density at radius 2 is 2.23 bits per heavy atom. The third-order valence-corrected chi connectivity index (χ3v) is 4.08. The number of hydrogen-bond acceptors (Lipinski definition) is 4. The Morgan fingerprint density at radius 3 is 2.86 bits per heavy atom. The fourth-order valence-corrected chi connectivity index (χ4v) is 2.87. The zero-order chi connectivity index (χ0) is 15.9. The first kappa shape index (κ1) is 14.6. The lowest BCUT2D eigenvalue weighted by molar-refractivity contribution is -0.129. The number of likely N-dealkylation sites (N-methyl/N-ethyl adjacent to an activating group) is 1. The number of carbonyl (C=O) groups is 3. The van der Waals surface area contributed by atoms with E-state index in [1.807, 2.05) is 0 Å².